The number of nitrogens with two attached hydrogens (primary N) is 1. The third kappa shape index (κ3) is 2.43. The lowest BCUT2D eigenvalue weighted by Crippen LogP contribution is -2.31. The van der Waals surface area contributed by atoms with E-state index in [4.69, 9.17) is 17.3 Å². The smallest absolute Gasteiger partial charge is 0.247 e. The molecule has 1 aromatic carbocycles. The summed E-state index contributed by atoms with van der Waals surface area (Å²) in [6.07, 6.45) is 3.39. The quantitative estimate of drug-likeness (QED) is 0.852. The third-order valence-corrected chi connectivity index (χ3v) is 6.20. The molecule has 21 heavy (non-hydrogen) atoms. The van der Waals surface area contributed by atoms with E-state index < -0.39 is 10.0 Å². The fraction of sp³-hybridized carbons (Fsp3) is 0.286. The largest absolute Gasteiger partial charge is 0.398 e. The molecule has 5 nitrogen and oxygen atoms in total. The number of nitrogen functional groups attached to an aromatic ring is 1. The van der Waals surface area contributed by atoms with Gasteiger partial charge in [-0.1, -0.05) is 17.7 Å². The maximum atomic E-state index is 12.9. The van der Waals surface area contributed by atoms with E-state index in [2.05, 4.69) is 4.98 Å². The molecule has 1 aromatic heterocycles. The van der Waals surface area contributed by atoms with Gasteiger partial charge in [-0.15, -0.1) is 0 Å². The number of anilines is 1. The van der Waals surface area contributed by atoms with E-state index in [0.717, 1.165) is 18.5 Å². The molecule has 0 amide bonds. The summed E-state index contributed by atoms with van der Waals surface area (Å²) < 4.78 is 27.3. The van der Waals surface area contributed by atoms with Crippen LogP contribution >= 0.6 is 11.6 Å². The molecule has 1 saturated heterocycles. The number of aromatic nitrogens is 1. The number of hydrogen-bond acceptors (Lipinski definition) is 3. The molecule has 1 unspecified atom stereocenters. The Balaban J connectivity index is 2.06. The maximum Gasteiger partial charge on any atom is 0.247 e. The highest BCUT2D eigenvalue weighted by atomic mass is 35.5. The number of nitrogens with one attached hydrogen (secondary N) is 1. The number of rotatable bonds is 3. The van der Waals surface area contributed by atoms with Crippen molar-refractivity contribution in [2.75, 3.05) is 12.3 Å². The lowest BCUT2D eigenvalue weighted by Gasteiger charge is -2.24. The third-order valence-electron chi connectivity index (χ3n) is 3.75. The number of H-pyrrole nitrogens is 1. The van der Waals surface area contributed by atoms with Crippen molar-refractivity contribution in [2.45, 2.75) is 23.8 Å². The standard InChI is InChI=1S/C14H16ClN3O2S/c15-10-4-1-5-11(16)14(10)21(19,20)18-9-3-7-13(18)12-6-2-8-17-12/h1-2,4-6,8,13,17H,3,7,9,16H2. The Hall–Kier alpha value is -1.50. The predicted octanol–water partition coefficient (Wildman–Crippen LogP) is 2.78. The lowest BCUT2D eigenvalue weighted by molar-refractivity contribution is 0.392. The van der Waals surface area contributed by atoms with Crippen molar-refractivity contribution in [2.24, 2.45) is 0 Å². The fourth-order valence-electron chi connectivity index (χ4n) is 2.81. The van der Waals surface area contributed by atoms with Crippen LogP contribution in [0.15, 0.2) is 41.4 Å². The molecule has 0 spiro atoms. The van der Waals surface area contributed by atoms with Gasteiger partial charge in [-0.3, -0.25) is 0 Å². The molecule has 0 saturated carbocycles. The zero-order chi connectivity index (χ0) is 15.0. The summed E-state index contributed by atoms with van der Waals surface area (Å²) in [5.41, 5.74) is 6.91. The normalized spacial score (nSPS) is 20.0. The minimum absolute atomic E-state index is 0.00474. The summed E-state index contributed by atoms with van der Waals surface area (Å²) in [4.78, 5) is 3.10. The average Bonchev–Trinajstić information content (AvgIpc) is 3.09. The SMILES string of the molecule is Nc1cccc(Cl)c1S(=O)(=O)N1CCCC1c1ccc[nH]1. The Morgan fingerprint density at radius 3 is 2.76 bits per heavy atom. The molecule has 0 radical (unpaired) electrons. The van der Waals surface area contributed by atoms with Crippen molar-refractivity contribution in [3.63, 3.8) is 0 Å². The molecule has 7 heteroatoms. The second kappa shape index (κ2) is 5.36. The van der Waals surface area contributed by atoms with Crippen molar-refractivity contribution in [1.82, 2.24) is 9.29 Å². The van der Waals surface area contributed by atoms with Crippen molar-refractivity contribution in [3.8, 4) is 0 Å². The molecule has 3 rings (SSSR count). The van der Waals surface area contributed by atoms with Crippen LogP contribution in [0, 0.1) is 0 Å². The van der Waals surface area contributed by atoms with Gasteiger partial charge in [0.1, 0.15) is 4.90 Å². The van der Waals surface area contributed by atoms with Gasteiger partial charge >= 0.3 is 0 Å². The van der Waals surface area contributed by atoms with Crippen molar-refractivity contribution < 1.29 is 8.42 Å². The summed E-state index contributed by atoms with van der Waals surface area (Å²) in [5, 5.41) is 0.159. The first-order valence-electron chi connectivity index (χ1n) is 6.71. The topological polar surface area (TPSA) is 79.2 Å². The number of nitrogens with zero attached hydrogens (tertiary/aromatic N) is 1. The van der Waals surface area contributed by atoms with Gasteiger partial charge < -0.3 is 10.7 Å². The molecule has 1 atom stereocenters. The molecule has 3 N–H and O–H groups in total. The van der Waals surface area contributed by atoms with E-state index in [0.29, 0.717) is 6.54 Å². The molecule has 1 aliphatic heterocycles. The highest BCUT2D eigenvalue weighted by Crippen LogP contribution is 2.39. The summed E-state index contributed by atoms with van der Waals surface area (Å²) in [6, 6.07) is 8.31. The Labute approximate surface area is 128 Å². The Morgan fingerprint density at radius 2 is 2.10 bits per heavy atom. The van der Waals surface area contributed by atoms with Gasteiger partial charge in [0.05, 0.1) is 16.8 Å². The van der Waals surface area contributed by atoms with Gasteiger partial charge in [0.15, 0.2) is 0 Å². The highest BCUT2D eigenvalue weighted by molar-refractivity contribution is 7.89. The summed E-state index contributed by atoms with van der Waals surface area (Å²) >= 11 is 6.07. The summed E-state index contributed by atoms with van der Waals surface area (Å²) in [7, 11) is -3.72. The first-order chi connectivity index (χ1) is 10.0. The van der Waals surface area contributed by atoms with Gasteiger partial charge in [-0.05, 0) is 37.1 Å². The van der Waals surface area contributed by atoms with E-state index in [1.165, 1.54) is 4.31 Å². The van der Waals surface area contributed by atoms with E-state index in [1.54, 1.807) is 24.4 Å². The molecule has 0 aliphatic carbocycles. The summed E-state index contributed by atoms with van der Waals surface area (Å²) in [5.74, 6) is 0. The van der Waals surface area contributed by atoms with Crippen LogP contribution in [0.2, 0.25) is 5.02 Å². The second-order valence-electron chi connectivity index (χ2n) is 5.06. The van der Waals surface area contributed by atoms with Crippen LogP contribution in [0.4, 0.5) is 5.69 Å². The monoisotopic (exact) mass is 325 g/mol. The molecule has 112 valence electrons. The molecule has 1 aliphatic rings. The van der Waals surface area contributed by atoms with Crippen LogP contribution in [0.3, 0.4) is 0 Å². The van der Waals surface area contributed by atoms with Gasteiger partial charge in [0.2, 0.25) is 10.0 Å². The van der Waals surface area contributed by atoms with Crippen LogP contribution < -0.4 is 5.73 Å². The van der Waals surface area contributed by atoms with Crippen LogP contribution in [-0.4, -0.2) is 24.3 Å². The van der Waals surface area contributed by atoms with Gasteiger partial charge in [0, 0.05) is 18.4 Å². The zero-order valence-corrected chi connectivity index (χ0v) is 12.9. The van der Waals surface area contributed by atoms with E-state index in [1.807, 2.05) is 12.1 Å². The van der Waals surface area contributed by atoms with Gasteiger partial charge in [0.25, 0.3) is 0 Å². The van der Waals surface area contributed by atoms with Crippen LogP contribution in [0.25, 0.3) is 0 Å². The van der Waals surface area contributed by atoms with Crippen molar-refractivity contribution >= 4 is 27.3 Å². The minimum atomic E-state index is -3.72. The first-order valence-corrected chi connectivity index (χ1v) is 8.53. The number of benzene rings is 1. The number of hydrogen-bond donors (Lipinski definition) is 2. The Kier molecular flexibility index (Phi) is 3.69. The number of halogens is 1. The number of sulfonamides is 1. The van der Waals surface area contributed by atoms with E-state index in [-0.39, 0.29) is 21.6 Å². The number of aromatic amines is 1. The van der Waals surface area contributed by atoms with Gasteiger partial charge in [-0.2, -0.15) is 4.31 Å². The first kappa shape index (κ1) is 14.4. The zero-order valence-electron chi connectivity index (χ0n) is 11.3. The van der Waals surface area contributed by atoms with Crippen molar-refractivity contribution in [1.29, 1.82) is 0 Å². The minimum Gasteiger partial charge on any atom is -0.398 e. The summed E-state index contributed by atoms with van der Waals surface area (Å²) in [6.45, 7) is 0.469. The van der Waals surface area contributed by atoms with E-state index in [9.17, 15) is 8.42 Å². The Bertz CT molecular complexity index is 723. The predicted molar refractivity (Wildman–Crippen MR) is 82.5 cm³/mol. The average molecular weight is 326 g/mol. The maximum absolute atomic E-state index is 12.9. The van der Waals surface area contributed by atoms with Gasteiger partial charge in [-0.25, -0.2) is 8.42 Å². The molecular weight excluding hydrogens is 310 g/mol. The van der Waals surface area contributed by atoms with E-state index >= 15 is 0 Å². The second-order valence-corrected chi connectivity index (χ2v) is 7.29. The van der Waals surface area contributed by atoms with Crippen LogP contribution in [0.1, 0.15) is 24.6 Å². The fourth-order valence-corrected chi connectivity index (χ4v) is 5.12. The molecule has 0 bridgehead atoms. The van der Waals surface area contributed by atoms with Crippen LogP contribution in [0.5, 0.6) is 0 Å². The Morgan fingerprint density at radius 1 is 1.29 bits per heavy atom. The van der Waals surface area contributed by atoms with Crippen LogP contribution in [-0.2, 0) is 10.0 Å². The molecular formula is C14H16ClN3O2S. The molecule has 1 fully saturated rings. The van der Waals surface area contributed by atoms with Crippen molar-refractivity contribution in [3.05, 3.63) is 47.2 Å². The molecule has 2 aromatic rings. The highest BCUT2D eigenvalue weighted by Gasteiger charge is 2.38. The molecule has 2 heterocycles. The lowest BCUT2D eigenvalue weighted by atomic mass is 10.2.